The highest BCUT2D eigenvalue weighted by Gasteiger charge is 2.20. The van der Waals surface area contributed by atoms with Gasteiger partial charge >= 0.3 is 12.0 Å². The molecule has 3 heterocycles. The molecule has 1 amide bonds. The Hall–Kier alpha value is -3.43. The summed E-state index contributed by atoms with van der Waals surface area (Å²) < 4.78 is 20.3. The summed E-state index contributed by atoms with van der Waals surface area (Å²) in [6.07, 6.45) is 1.79. The first-order valence-corrected chi connectivity index (χ1v) is 7.87. The molecule has 0 fully saturated rings. The van der Waals surface area contributed by atoms with Gasteiger partial charge < -0.3 is 18.1 Å². The van der Waals surface area contributed by atoms with E-state index in [0.29, 0.717) is 23.2 Å². The average molecular weight is 360 g/mol. The number of amides is 1. The molecule has 0 aromatic carbocycles. The largest absolute Gasteiger partial charge is 0.461 e. The number of ether oxygens (including phenoxy) is 1. The highest BCUT2D eigenvalue weighted by atomic mass is 16.5. The van der Waals surface area contributed by atoms with Crippen molar-refractivity contribution in [3.63, 3.8) is 0 Å². The van der Waals surface area contributed by atoms with Crippen LogP contribution in [0.25, 0.3) is 11.6 Å². The number of hydrogen-bond donors (Lipinski definition) is 1. The third kappa shape index (κ3) is 3.97. The molecular weight excluding hydrogens is 344 g/mol. The van der Waals surface area contributed by atoms with Crippen molar-refractivity contribution in [1.82, 2.24) is 15.1 Å². The summed E-state index contributed by atoms with van der Waals surface area (Å²) in [6, 6.07) is 3.34. The first-order valence-electron chi connectivity index (χ1n) is 7.87. The lowest BCUT2D eigenvalue weighted by molar-refractivity contribution is -0.116. The quantitative estimate of drug-likeness (QED) is 0.630. The molecule has 3 aromatic heterocycles. The van der Waals surface area contributed by atoms with Crippen LogP contribution >= 0.6 is 0 Å². The molecule has 0 aliphatic heterocycles. The van der Waals surface area contributed by atoms with Crippen molar-refractivity contribution in [1.29, 1.82) is 0 Å². The van der Waals surface area contributed by atoms with Crippen LogP contribution in [0.15, 0.2) is 31.8 Å². The second-order valence-electron chi connectivity index (χ2n) is 5.19. The zero-order valence-corrected chi connectivity index (χ0v) is 14.1. The number of hydrogen-bond acceptors (Lipinski definition) is 9. The van der Waals surface area contributed by atoms with Crippen molar-refractivity contribution in [2.24, 2.45) is 0 Å². The number of furan rings is 1. The van der Waals surface area contributed by atoms with Crippen molar-refractivity contribution in [2.45, 2.75) is 26.7 Å². The van der Waals surface area contributed by atoms with Crippen molar-refractivity contribution in [2.75, 3.05) is 11.9 Å². The lowest BCUT2D eigenvalue weighted by Crippen LogP contribution is -2.12. The number of oxazole rings is 1. The number of anilines is 1. The second kappa shape index (κ2) is 7.64. The van der Waals surface area contributed by atoms with Gasteiger partial charge in [0.15, 0.2) is 5.76 Å². The van der Waals surface area contributed by atoms with Crippen LogP contribution in [0.1, 0.15) is 35.5 Å². The number of carbonyl (C=O) groups excluding carboxylic acids is 2. The van der Waals surface area contributed by atoms with E-state index in [0.717, 1.165) is 0 Å². The van der Waals surface area contributed by atoms with E-state index in [4.69, 9.17) is 18.1 Å². The Morgan fingerprint density at radius 3 is 2.88 bits per heavy atom. The van der Waals surface area contributed by atoms with Gasteiger partial charge in [-0.1, -0.05) is 5.16 Å². The van der Waals surface area contributed by atoms with Crippen molar-refractivity contribution >= 4 is 17.9 Å². The third-order valence-electron chi connectivity index (χ3n) is 3.28. The summed E-state index contributed by atoms with van der Waals surface area (Å²) in [7, 11) is 0. The SMILES string of the molecule is CCOC(=O)c1oc(NC(=O)CCc2nc(-c3ccco3)no2)nc1C. The molecule has 0 atom stereocenters. The molecule has 3 aromatic rings. The van der Waals surface area contributed by atoms with Crippen molar-refractivity contribution in [3.8, 4) is 11.6 Å². The molecule has 0 spiro atoms. The lowest BCUT2D eigenvalue weighted by Gasteiger charge is -1.99. The minimum Gasteiger partial charge on any atom is -0.461 e. The monoisotopic (exact) mass is 360 g/mol. The highest BCUT2D eigenvalue weighted by molar-refractivity contribution is 5.90. The smallest absolute Gasteiger partial charge is 0.376 e. The van der Waals surface area contributed by atoms with Gasteiger partial charge in [-0.05, 0) is 26.0 Å². The Balaban J connectivity index is 1.55. The van der Waals surface area contributed by atoms with E-state index in [1.807, 2.05) is 0 Å². The van der Waals surface area contributed by atoms with E-state index in [1.54, 1.807) is 26.0 Å². The van der Waals surface area contributed by atoms with E-state index in [9.17, 15) is 9.59 Å². The van der Waals surface area contributed by atoms with Crippen LogP contribution in [0.4, 0.5) is 6.01 Å². The van der Waals surface area contributed by atoms with E-state index in [2.05, 4.69) is 20.4 Å². The lowest BCUT2D eigenvalue weighted by atomic mass is 10.3. The zero-order valence-electron chi connectivity index (χ0n) is 14.1. The zero-order chi connectivity index (χ0) is 18.5. The van der Waals surface area contributed by atoms with Gasteiger partial charge in [0.05, 0.1) is 18.6 Å². The molecule has 0 aliphatic rings. The highest BCUT2D eigenvalue weighted by Crippen LogP contribution is 2.17. The number of nitrogens with zero attached hydrogens (tertiary/aromatic N) is 3. The Bertz CT molecular complexity index is 896. The molecule has 0 saturated carbocycles. The molecule has 0 saturated heterocycles. The van der Waals surface area contributed by atoms with E-state index in [-0.39, 0.29) is 37.1 Å². The van der Waals surface area contributed by atoms with Gasteiger partial charge in [-0.15, -0.1) is 0 Å². The molecule has 3 rings (SSSR count). The molecule has 10 heteroatoms. The van der Waals surface area contributed by atoms with Gasteiger partial charge in [-0.25, -0.2) is 4.79 Å². The van der Waals surface area contributed by atoms with Crippen LogP contribution in [0, 0.1) is 6.92 Å². The second-order valence-corrected chi connectivity index (χ2v) is 5.19. The van der Waals surface area contributed by atoms with Crippen molar-refractivity contribution in [3.05, 3.63) is 35.7 Å². The topological polar surface area (TPSA) is 133 Å². The Kier molecular flexibility index (Phi) is 5.11. The van der Waals surface area contributed by atoms with Crippen LogP contribution in [-0.2, 0) is 16.0 Å². The summed E-state index contributed by atoms with van der Waals surface area (Å²) in [5.74, 6) is 0.0391. The first-order chi connectivity index (χ1) is 12.6. The predicted octanol–water partition coefficient (Wildman–Crippen LogP) is 2.37. The van der Waals surface area contributed by atoms with Crippen LogP contribution < -0.4 is 5.32 Å². The molecule has 26 heavy (non-hydrogen) atoms. The van der Waals surface area contributed by atoms with E-state index in [1.165, 1.54) is 6.26 Å². The maximum Gasteiger partial charge on any atom is 0.376 e. The van der Waals surface area contributed by atoms with Crippen LogP contribution in [0.2, 0.25) is 0 Å². The van der Waals surface area contributed by atoms with Gasteiger partial charge in [-0.2, -0.15) is 9.97 Å². The number of esters is 1. The molecular formula is C16H16N4O6. The van der Waals surface area contributed by atoms with Gasteiger partial charge in [0, 0.05) is 12.8 Å². The molecule has 0 unspecified atom stereocenters. The maximum atomic E-state index is 12.0. The third-order valence-corrected chi connectivity index (χ3v) is 3.28. The maximum absolute atomic E-state index is 12.0. The fourth-order valence-electron chi connectivity index (χ4n) is 2.10. The van der Waals surface area contributed by atoms with Gasteiger partial charge in [0.2, 0.25) is 23.4 Å². The minimum atomic E-state index is -0.630. The number of rotatable bonds is 7. The summed E-state index contributed by atoms with van der Waals surface area (Å²) in [5, 5.41) is 6.25. The Labute approximate surface area is 147 Å². The number of aryl methyl sites for hydroxylation is 2. The summed E-state index contributed by atoms with van der Waals surface area (Å²) in [5.41, 5.74) is 0.332. The fourth-order valence-corrected chi connectivity index (χ4v) is 2.10. The summed E-state index contributed by atoms with van der Waals surface area (Å²) in [4.78, 5) is 31.8. The van der Waals surface area contributed by atoms with Crippen molar-refractivity contribution < 1.29 is 27.7 Å². The molecule has 1 N–H and O–H groups in total. The molecule has 10 nitrogen and oxygen atoms in total. The van der Waals surface area contributed by atoms with Crippen LogP contribution in [-0.4, -0.2) is 33.6 Å². The first kappa shape index (κ1) is 17.4. The average Bonchev–Trinajstić information content (AvgIpc) is 3.33. The number of aromatic nitrogens is 3. The molecule has 0 aliphatic carbocycles. The number of nitrogens with one attached hydrogen (secondary N) is 1. The Morgan fingerprint density at radius 1 is 1.31 bits per heavy atom. The Morgan fingerprint density at radius 2 is 2.15 bits per heavy atom. The normalized spacial score (nSPS) is 10.7. The predicted molar refractivity (Wildman–Crippen MR) is 86.1 cm³/mol. The van der Waals surface area contributed by atoms with Crippen LogP contribution in [0.3, 0.4) is 0 Å². The molecule has 0 radical (unpaired) electrons. The van der Waals surface area contributed by atoms with Crippen LogP contribution in [0.5, 0.6) is 0 Å². The van der Waals surface area contributed by atoms with E-state index < -0.39 is 5.97 Å². The fraction of sp³-hybridized carbons (Fsp3) is 0.312. The van der Waals surface area contributed by atoms with E-state index >= 15 is 0 Å². The van der Waals surface area contributed by atoms with Gasteiger partial charge in [0.1, 0.15) is 0 Å². The van der Waals surface area contributed by atoms with Gasteiger partial charge in [-0.3, -0.25) is 10.1 Å². The molecule has 136 valence electrons. The minimum absolute atomic E-state index is 0.0397. The van der Waals surface area contributed by atoms with Gasteiger partial charge in [0.25, 0.3) is 0 Å². The summed E-state index contributed by atoms with van der Waals surface area (Å²) >= 11 is 0. The number of carbonyl (C=O) groups is 2. The summed E-state index contributed by atoms with van der Waals surface area (Å²) in [6.45, 7) is 3.48. The molecule has 0 bridgehead atoms. The standard InChI is InChI=1S/C16H16N4O6/c1-3-23-15(22)13-9(2)17-16(25-13)18-11(21)6-7-12-19-14(20-26-12)10-5-4-8-24-10/h4-5,8H,3,6-7H2,1-2H3,(H,17,18,21).